The summed E-state index contributed by atoms with van der Waals surface area (Å²) in [6.07, 6.45) is 4.81. The largest absolute Gasteiger partial charge is 0.330 e. The minimum absolute atomic E-state index is 0.00241. The number of likely N-dealkylation sites (tertiary alicyclic amines) is 1. The van der Waals surface area contributed by atoms with Gasteiger partial charge < -0.3 is 4.90 Å². The monoisotopic (exact) mass is 399 g/mol. The number of pyridine rings is 1. The van der Waals surface area contributed by atoms with E-state index in [1.54, 1.807) is 19.3 Å². The van der Waals surface area contributed by atoms with Crippen LogP contribution in [-0.2, 0) is 20.9 Å². The lowest BCUT2D eigenvalue weighted by atomic mass is 10.1. The van der Waals surface area contributed by atoms with Crippen LogP contribution in [0.2, 0.25) is 0 Å². The number of para-hydroxylation sites is 1. The van der Waals surface area contributed by atoms with Crippen molar-refractivity contribution >= 4 is 34.7 Å². The van der Waals surface area contributed by atoms with Crippen LogP contribution in [0.3, 0.4) is 0 Å². The molecule has 4 rings (SSSR count). The molecule has 0 aliphatic carbocycles. The molecule has 0 radical (unpaired) electrons. The molecule has 0 saturated carbocycles. The molecule has 6 heteroatoms. The number of fused-ring (bicyclic) bond motifs is 1. The first kappa shape index (κ1) is 19.5. The Hall–Kier alpha value is -3.80. The van der Waals surface area contributed by atoms with E-state index in [0.717, 1.165) is 22.0 Å². The minimum atomic E-state index is -0.788. The third kappa shape index (κ3) is 3.85. The van der Waals surface area contributed by atoms with E-state index in [1.165, 1.54) is 15.9 Å². The number of likely N-dealkylation sites (N-methyl/N-ethyl adjacent to an activating group) is 1. The Morgan fingerprint density at radius 2 is 1.87 bits per heavy atom. The van der Waals surface area contributed by atoms with Gasteiger partial charge in [0.05, 0.1) is 18.5 Å². The molecule has 150 valence electrons. The minimum Gasteiger partial charge on any atom is -0.330 e. The Labute approximate surface area is 174 Å². The molecule has 0 N–H and O–H groups in total. The fourth-order valence-electron chi connectivity index (χ4n) is 3.59. The van der Waals surface area contributed by atoms with Crippen LogP contribution in [0.15, 0.2) is 72.9 Å². The number of rotatable bonds is 5. The van der Waals surface area contributed by atoms with E-state index in [1.807, 2.05) is 60.7 Å². The Bertz CT molecular complexity index is 1140. The summed E-state index contributed by atoms with van der Waals surface area (Å²) in [4.78, 5) is 44.8. The summed E-state index contributed by atoms with van der Waals surface area (Å²) in [5, 5.41) is 0.980. The molecule has 0 unspecified atom stereocenters. The molecule has 30 heavy (non-hydrogen) atoms. The Kier molecular flexibility index (Phi) is 5.39. The van der Waals surface area contributed by atoms with Crippen LogP contribution in [0.4, 0.5) is 0 Å². The molecule has 6 nitrogen and oxygen atoms in total. The van der Waals surface area contributed by atoms with E-state index in [4.69, 9.17) is 0 Å². The van der Waals surface area contributed by atoms with Gasteiger partial charge in [-0.05, 0) is 17.7 Å². The highest BCUT2D eigenvalue weighted by Gasteiger charge is 2.41. The predicted octanol–water partition coefficient (Wildman–Crippen LogP) is 3.03. The Morgan fingerprint density at radius 3 is 2.67 bits per heavy atom. The number of hydrogen-bond acceptors (Lipinski definition) is 4. The summed E-state index contributed by atoms with van der Waals surface area (Å²) in [5.41, 5.74) is 2.49. The maximum absolute atomic E-state index is 12.8. The van der Waals surface area contributed by atoms with Crippen LogP contribution >= 0.6 is 0 Å². The van der Waals surface area contributed by atoms with Gasteiger partial charge in [0.25, 0.3) is 5.91 Å². The predicted molar refractivity (Wildman–Crippen MR) is 114 cm³/mol. The molecule has 3 amide bonds. The first-order chi connectivity index (χ1) is 14.5. The van der Waals surface area contributed by atoms with Crippen molar-refractivity contribution in [1.82, 2.24) is 14.8 Å². The van der Waals surface area contributed by atoms with Gasteiger partial charge in [-0.15, -0.1) is 0 Å². The highest BCUT2D eigenvalue weighted by molar-refractivity contribution is 6.07. The van der Waals surface area contributed by atoms with Gasteiger partial charge in [-0.3, -0.25) is 24.3 Å². The average Bonchev–Trinajstić information content (AvgIpc) is 3.06. The van der Waals surface area contributed by atoms with Gasteiger partial charge in [-0.1, -0.05) is 54.6 Å². The molecule has 1 saturated heterocycles. The van der Waals surface area contributed by atoms with Crippen LogP contribution < -0.4 is 0 Å². The summed E-state index contributed by atoms with van der Waals surface area (Å²) >= 11 is 0. The first-order valence-electron chi connectivity index (χ1n) is 9.71. The summed E-state index contributed by atoms with van der Waals surface area (Å²) in [6.45, 7) is 0.217. The SMILES string of the molecule is CN(C(=O)/C=C/c1cccc2cccnc12)[C@@H]1CC(=O)N(Cc2ccccc2)C1=O. The van der Waals surface area contributed by atoms with Gasteiger partial charge in [-0.25, -0.2) is 0 Å². The molecule has 1 aromatic heterocycles. The molecule has 1 aliphatic heterocycles. The van der Waals surface area contributed by atoms with E-state index >= 15 is 0 Å². The van der Waals surface area contributed by atoms with Gasteiger partial charge in [-0.2, -0.15) is 0 Å². The zero-order chi connectivity index (χ0) is 21.1. The molecule has 1 fully saturated rings. The van der Waals surface area contributed by atoms with Crippen LogP contribution in [0.25, 0.3) is 17.0 Å². The Balaban J connectivity index is 1.48. The second kappa shape index (κ2) is 8.29. The molecule has 3 aromatic rings. The number of aromatic nitrogens is 1. The first-order valence-corrected chi connectivity index (χ1v) is 9.71. The van der Waals surface area contributed by atoms with Crippen LogP contribution in [-0.4, -0.2) is 45.6 Å². The Morgan fingerprint density at radius 1 is 1.10 bits per heavy atom. The van der Waals surface area contributed by atoms with E-state index in [-0.39, 0.29) is 30.7 Å². The molecule has 2 aromatic carbocycles. The van der Waals surface area contributed by atoms with Crippen LogP contribution in [0.5, 0.6) is 0 Å². The standard InChI is InChI=1S/C24H21N3O3/c1-26(20-15-22(29)27(24(20)30)16-17-7-3-2-4-8-17)21(28)13-12-19-10-5-9-18-11-6-14-25-23(18)19/h2-14,20H,15-16H2,1H3/b13-12+/t20-/m1/s1. The quantitative estimate of drug-likeness (QED) is 0.488. The van der Waals surface area contributed by atoms with Crippen molar-refractivity contribution in [2.75, 3.05) is 7.05 Å². The third-order valence-electron chi connectivity index (χ3n) is 5.29. The molecule has 1 atom stereocenters. The number of carbonyl (C=O) groups is 3. The number of nitrogens with zero attached hydrogens (tertiary/aromatic N) is 3. The number of benzene rings is 2. The summed E-state index contributed by atoms with van der Waals surface area (Å²) < 4.78 is 0. The molecular formula is C24H21N3O3. The second-order valence-corrected chi connectivity index (χ2v) is 7.23. The van der Waals surface area contributed by atoms with E-state index < -0.39 is 6.04 Å². The van der Waals surface area contributed by atoms with Crippen molar-refractivity contribution in [3.8, 4) is 0 Å². The van der Waals surface area contributed by atoms with Crippen molar-refractivity contribution in [3.63, 3.8) is 0 Å². The number of hydrogen-bond donors (Lipinski definition) is 0. The van der Waals surface area contributed by atoms with E-state index in [2.05, 4.69) is 4.98 Å². The lowest BCUT2D eigenvalue weighted by molar-refractivity contribution is -0.142. The zero-order valence-electron chi connectivity index (χ0n) is 16.6. The fourth-order valence-corrected chi connectivity index (χ4v) is 3.59. The molecule has 1 aliphatic rings. The van der Waals surface area contributed by atoms with Gasteiger partial charge in [0.1, 0.15) is 6.04 Å². The van der Waals surface area contributed by atoms with Gasteiger partial charge >= 0.3 is 0 Å². The summed E-state index contributed by atoms with van der Waals surface area (Å²) in [5.74, 6) is -0.952. The summed E-state index contributed by atoms with van der Waals surface area (Å²) in [7, 11) is 1.55. The molecule has 0 bridgehead atoms. The van der Waals surface area contributed by atoms with Crippen LogP contribution in [0.1, 0.15) is 17.5 Å². The summed E-state index contributed by atoms with van der Waals surface area (Å²) in [6, 6.07) is 18.1. The van der Waals surface area contributed by atoms with E-state index in [0.29, 0.717) is 0 Å². The molecular weight excluding hydrogens is 378 g/mol. The van der Waals surface area contributed by atoms with Crippen molar-refractivity contribution in [1.29, 1.82) is 0 Å². The van der Waals surface area contributed by atoms with Gasteiger partial charge in [0.2, 0.25) is 11.8 Å². The van der Waals surface area contributed by atoms with Crippen molar-refractivity contribution < 1.29 is 14.4 Å². The van der Waals surface area contributed by atoms with E-state index in [9.17, 15) is 14.4 Å². The maximum Gasteiger partial charge on any atom is 0.252 e. The normalized spacial score (nSPS) is 16.6. The van der Waals surface area contributed by atoms with Crippen molar-refractivity contribution in [2.45, 2.75) is 19.0 Å². The zero-order valence-corrected chi connectivity index (χ0v) is 16.6. The fraction of sp³-hybridized carbons (Fsp3) is 0.167. The lowest BCUT2D eigenvalue weighted by Gasteiger charge is -2.22. The van der Waals surface area contributed by atoms with Crippen LogP contribution in [0, 0.1) is 0 Å². The third-order valence-corrected chi connectivity index (χ3v) is 5.29. The number of imide groups is 1. The second-order valence-electron chi connectivity index (χ2n) is 7.23. The molecule has 2 heterocycles. The molecule has 0 spiro atoms. The topological polar surface area (TPSA) is 70.6 Å². The number of amides is 3. The average molecular weight is 399 g/mol. The maximum atomic E-state index is 12.8. The van der Waals surface area contributed by atoms with Gasteiger partial charge in [0, 0.05) is 30.3 Å². The highest BCUT2D eigenvalue weighted by atomic mass is 16.2. The lowest BCUT2D eigenvalue weighted by Crippen LogP contribution is -2.42. The van der Waals surface area contributed by atoms with Crippen molar-refractivity contribution in [3.05, 3.63) is 84.1 Å². The number of carbonyl (C=O) groups excluding carboxylic acids is 3. The highest BCUT2D eigenvalue weighted by Crippen LogP contribution is 2.21. The smallest absolute Gasteiger partial charge is 0.252 e. The van der Waals surface area contributed by atoms with Gasteiger partial charge in [0.15, 0.2) is 0 Å². The van der Waals surface area contributed by atoms with Crippen molar-refractivity contribution in [2.24, 2.45) is 0 Å².